The molecule has 2 aromatic rings. The molecule has 1 N–H and O–H groups in total. The van der Waals surface area contributed by atoms with Crippen molar-refractivity contribution in [2.75, 3.05) is 5.32 Å². The van der Waals surface area contributed by atoms with Gasteiger partial charge in [-0.1, -0.05) is 12.1 Å². The zero-order chi connectivity index (χ0) is 14.5. The van der Waals surface area contributed by atoms with Gasteiger partial charge in [0.05, 0.1) is 0 Å². The third-order valence-electron chi connectivity index (χ3n) is 2.56. The van der Waals surface area contributed by atoms with Crippen molar-refractivity contribution in [3.8, 4) is 0 Å². The van der Waals surface area contributed by atoms with Crippen molar-refractivity contribution in [2.24, 2.45) is 0 Å². The summed E-state index contributed by atoms with van der Waals surface area (Å²) in [6, 6.07) is 6.95. The monoisotopic (exact) mass is 274 g/mol. The van der Waals surface area contributed by atoms with Gasteiger partial charge in [-0.2, -0.15) is 0 Å². The highest BCUT2D eigenvalue weighted by Crippen LogP contribution is 2.13. The van der Waals surface area contributed by atoms with E-state index in [2.05, 4.69) is 10.3 Å². The number of aryl methyl sites for hydroxylation is 1. The molecular formula is C15H12F2N2O. The van der Waals surface area contributed by atoms with Crippen LogP contribution in [-0.2, 0) is 4.79 Å². The number of carbonyl (C=O) groups excluding carboxylic acids is 1. The Morgan fingerprint density at radius 3 is 2.50 bits per heavy atom. The number of hydrogen-bond donors (Lipinski definition) is 1. The van der Waals surface area contributed by atoms with Crippen LogP contribution in [0, 0.1) is 18.6 Å². The Balaban J connectivity index is 2.08. The predicted octanol–water partition coefficient (Wildman–Crippen LogP) is 3.32. The van der Waals surface area contributed by atoms with Crippen LogP contribution in [0.1, 0.15) is 11.1 Å². The van der Waals surface area contributed by atoms with Gasteiger partial charge in [0.1, 0.15) is 17.5 Å². The van der Waals surface area contributed by atoms with Gasteiger partial charge in [0, 0.05) is 17.8 Å². The molecule has 0 saturated heterocycles. The van der Waals surface area contributed by atoms with Crippen LogP contribution in [0.5, 0.6) is 0 Å². The van der Waals surface area contributed by atoms with Crippen LogP contribution in [0.2, 0.25) is 0 Å². The number of nitrogens with one attached hydrogen (secondary N) is 1. The lowest BCUT2D eigenvalue weighted by Gasteiger charge is -2.01. The summed E-state index contributed by atoms with van der Waals surface area (Å²) >= 11 is 0. The molecule has 0 radical (unpaired) electrons. The number of carbonyl (C=O) groups is 1. The largest absolute Gasteiger partial charge is 0.307 e. The molecule has 0 aliphatic heterocycles. The van der Waals surface area contributed by atoms with Crippen molar-refractivity contribution in [1.29, 1.82) is 0 Å². The highest BCUT2D eigenvalue weighted by atomic mass is 19.1. The molecule has 0 bridgehead atoms. The molecule has 0 spiro atoms. The number of anilines is 1. The number of rotatable bonds is 3. The van der Waals surface area contributed by atoms with E-state index in [1.54, 1.807) is 18.3 Å². The second-order valence-corrected chi connectivity index (χ2v) is 4.18. The molecule has 0 saturated carbocycles. The van der Waals surface area contributed by atoms with Gasteiger partial charge in [0.2, 0.25) is 5.91 Å². The van der Waals surface area contributed by atoms with Crippen molar-refractivity contribution in [3.05, 3.63) is 65.4 Å². The second kappa shape index (κ2) is 6.06. The third-order valence-corrected chi connectivity index (χ3v) is 2.56. The standard InChI is InChI=1S/C15H12F2N2O/c1-10-5-7-14(18-9-10)19-15(20)8-6-11-12(16)3-2-4-13(11)17/h2-9H,1H3,(H,18,19,20). The Labute approximate surface area is 115 Å². The van der Waals surface area contributed by atoms with Gasteiger partial charge >= 0.3 is 0 Å². The van der Waals surface area contributed by atoms with E-state index in [9.17, 15) is 13.6 Å². The molecule has 0 unspecified atom stereocenters. The Morgan fingerprint density at radius 1 is 1.20 bits per heavy atom. The molecule has 1 aromatic heterocycles. The lowest BCUT2D eigenvalue weighted by molar-refractivity contribution is -0.111. The zero-order valence-electron chi connectivity index (χ0n) is 10.7. The van der Waals surface area contributed by atoms with E-state index in [4.69, 9.17) is 0 Å². The van der Waals surface area contributed by atoms with E-state index >= 15 is 0 Å². The number of amides is 1. The molecule has 5 heteroatoms. The quantitative estimate of drug-likeness (QED) is 0.872. The van der Waals surface area contributed by atoms with Crippen molar-refractivity contribution >= 4 is 17.8 Å². The van der Waals surface area contributed by atoms with Crippen LogP contribution in [0.25, 0.3) is 6.08 Å². The fourth-order valence-corrected chi connectivity index (χ4v) is 1.54. The van der Waals surface area contributed by atoms with E-state index in [0.29, 0.717) is 5.82 Å². The minimum atomic E-state index is -0.720. The Morgan fingerprint density at radius 2 is 1.90 bits per heavy atom. The van der Waals surface area contributed by atoms with Crippen LogP contribution in [0.15, 0.2) is 42.6 Å². The maximum absolute atomic E-state index is 13.3. The van der Waals surface area contributed by atoms with Gasteiger partial charge < -0.3 is 5.32 Å². The minimum absolute atomic E-state index is 0.250. The van der Waals surface area contributed by atoms with Gasteiger partial charge in [-0.05, 0) is 36.8 Å². The molecule has 0 aliphatic rings. The van der Waals surface area contributed by atoms with Gasteiger partial charge in [-0.25, -0.2) is 13.8 Å². The average molecular weight is 274 g/mol. The van der Waals surface area contributed by atoms with Crippen LogP contribution < -0.4 is 5.32 Å². The average Bonchev–Trinajstić information content (AvgIpc) is 2.41. The number of benzene rings is 1. The highest BCUT2D eigenvalue weighted by molar-refractivity contribution is 6.01. The van der Waals surface area contributed by atoms with E-state index < -0.39 is 17.5 Å². The van der Waals surface area contributed by atoms with Crippen molar-refractivity contribution in [3.63, 3.8) is 0 Å². The highest BCUT2D eigenvalue weighted by Gasteiger charge is 2.05. The van der Waals surface area contributed by atoms with Gasteiger partial charge in [0.25, 0.3) is 0 Å². The Hall–Kier alpha value is -2.56. The fraction of sp³-hybridized carbons (Fsp3) is 0.0667. The smallest absolute Gasteiger partial charge is 0.249 e. The molecule has 1 amide bonds. The van der Waals surface area contributed by atoms with E-state index in [1.807, 2.05) is 6.92 Å². The molecular weight excluding hydrogens is 262 g/mol. The number of aromatic nitrogens is 1. The number of nitrogens with zero attached hydrogens (tertiary/aromatic N) is 1. The number of hydrogen-bond acceptors (Lipinski definition) is 2. The van der Waals surface area contributed by atoms with Crippen molar-refractivity contribution in [2.45, 2.75) is 6.92 Å². The first-order chi connectivity index (χ1) is 9.56. The lowest BCUT2D eigenvalue weighted by Crippen LogP contribution is -2.09. The van der Waals surface area contributed by atoms with Crippen molar-refractivity contribution in [1.82, 2.24) is 4.98 Å². The third kappa shape index (κ3) is 3.47. The first kappa shape index (κ1) is 13.9. The summed E-state index contributed by atoms with van der Waals surface area (Å²) in [6.45, 7) is 1.87. The van der Waals surface area contributed by atoms with Crippen molar-refractivity contribution < 1.29 is 13.6 Å². The minimum Gasteiger partial charge on any atom is -0.307 e. The predicted molar refractivity (Wildman–Crippen MR) is 73.0 cm³/mol. The Kier molecular flexibility index (Phi) is 4.20. The van der Waals surface area contributed by atoms with Crippen LogP contribution in [0.3, 0.4) is 0 Å². The lowest BCUT2D eigenvalue weighted by atomic mass is 10.2. The zero-order valence-corrected chi connectivity index (χ0v) is 10.7. The molecule has 0 fully saturated rings. The summed E-state index contributed by atoms with van der Waals surface area (Å²) in [7, 11) is 0. The molecule has 1 heterocycles. The summed E-state index contributed by atoms with van der Waals surface area (Å²) in [5, 5.41) is 2.50. The molecule has 20 heavy (non-hydrogen) atoms. The Bertz CT molecular complexity index is 631. The summed E-state index contributed by atoms with van der Waals surface area (Å²) in [5.41, 5.74) is 0.714. The van der Waals surface area contributed by atoms with E-state index in [-0.39, 0.29) is 5.56 Å². The topological polar surface area (TPSA) is 42.0 Å². The summed E-state index contributed by atoms with van der Waals surface area (Å²) in [5.74, 6) is -1.58. The first-order valence-corrected chi connectivity index (χ1v) is 5.92. The SMILES string of the molecule is Cc1ccc(NC(=O)C=Cc2c(F)cccc2F)nc1. The summed E-state index contributed by atoms with van der Waals surface area (Å²) in [6.07, 6.45) is 3.76. The van der Waals surface area contributed by atoms with Crippen LogP contribution in [0.4, 0.5) is 14.6 Å². The van der Waals surface area contributed by atoms with Gasteiger partial charge in [-0.3, -0.25) is 4.79 Å². The van der Waals surface area contributed by atoms with Gasteiger partial charge in [-0.15, -0.1) is 0 Å². The number of halogens is 2. The second-order valence-electron chi connectivity index (χ2n) is 4.18. The molecule has 0 atom stereocenters. The normalized spacial score (nSPS) is 10.8. The first-order valence-electron chi connectivity index (χ1n) is 5.92. The molecule has 3 nitrogen and oxygen atoms in total. The summed E-state index contributed by atoms with van der Waals surface area (Å²) < 4.78 is 26.7. The maximum Gasteiger partial charge on any atom is 0.249 e. The fourth-order valence-electron chi connectivity index (χ4n) is 1.54. The van der Waals surface area contributed by atoms with E-state index in [0.717, 1.165) is 29.8 Å². The molecule has 1 aromatic carbocycles. The van der Waals surface area contributed by atoms with Gasteiger partial charge in [0.15, 0.2) is 0 Å². The van der Waals surface area contributed by atoms with E-state index in [1.165, 1.54) is 6.07 Å². The van der Waals surface area contributed by atoms with Crippen LogP contribution >= 0.6 is 0 Å². The van der Waals surface area contributed by atoms with Crippen LogP contribution in [-0.4, -0.2) is 10.9 Å². The number of pyridine rings is 1. The molecule has 2 rings (SSSR count). The molecule has 102 valence electrons. The summed E-state index contributed by atoms with van der Waals surface area (Å²) in [4.78, 5) is 15.6. The maximum atomic E-state index is 13.3. The molecule has 0 aliphatic carbocycles.